The Bertz CT molecular complexity index is 1470. The molecule has 2 aromatic heterocycles. The van der Waals surface area contributed by atoms with E-state index in [4.69, 9.17) is 0 Å². The predicted octanol–water partition coefficient (Wildman–Crippen LogP) is 6.90. The predicted molar refractivity (Wildman–Crippen MR) is 133 cm³/mol. The van der Waals surface area contributed by atoms with Crippen molar-refractivity contribution in [2.24, 2.45) is 0 Å². The Morgan fingerprint density at radius 2 is 1.42 bits per heavy atom. The molecule has 0 aliphatic carbocycles. The van der Waals surface area contributed by atoms with Crippen molar-refractivity contribution in [3.8, 4) is 33.8 Å². The molecule has 3 aromatic carbocycles. The molecule has 0 saturated heterocycles. The second-order valence-corrected chi connectivity index (χ2v) is 8.04. The van der Waals surface area contributed by atoms with E-state index in [1.165, 1.54) is 6.07 Å². The quantitative estimate of drug-likeness (QED) is 0.285. The topological polar surface area (TPSA) is 63.6 Å². The maximum atomic E-state index is 13.4. The van der Waals surface area contributed by atoms with E-state index in [2.05, 4.69) is 25.5 Å². The smallest absolute Gasteiger partial charge is 0.350 e. The Labute approximate surface area is 205 Å². The first-order valence-electron chi connectivity index (χ1n) is 11.2. The van der Waals surface area contributed by atoms with Gasteiger partial charge in [-0.1, -0.05) is 72.8 Å². The molecule has 5 nitrogen and oxygen atoms in total. The van der Waals surface area contributed by atoms with Gasteiger partial charge >= 0.3 is 6.18 Å². The van der Waals surface area contributed by atoms with E-state index >= 15 is 0 Å². The summed E-state index contributed by atoms with van der Waals surface area (Å²) >= 11 is 0. The van der Waals surface area contributed by atoms with Gasteiger partial charge in [-0.2, -0.15) is 13.2 Å². The second-order valence-electron chi connectivity index (χ2n) is 8.04. The number of alkyl halides is 3. The number of rotatable bonds is 6. The monoisotopic (exact) mass is 483 g/mol. The fraction of sp³-hybridized carbons (Fsp3) is 0.0714. The van der Waals surface area contributed by atoms with E-state index in [1.54, 1.807) is 24.4 Å². The number of hydrogen-bond acceptors (Lipinski definition) is 5. The van der Waals surface area contributed by atoms with Crippen LogP contribution >= 0.6 is 0 Å². The Kier molecular flexibility index (Phi) is 6.40. The van der Waals surface area contributed by atoms with Gasteiger partial charge in [0.1, 0.15) is 5.69 Å². The van der Waals surface area contributed by atoms with Crippen molar-refractivity contribution >= 4 is 5.95 Å². The van der Waals surface area contributed by atoms with Crippen LogP contribution in [0.3, 0.4) is 0 Å². The van der Waals surface area contributed by atoms with Crippen LogP contribution in [0.15, 0.2) is 103 Å². The summed E-state index contributed by atoms with van der Waals surface area (Å²) in [6.07, 6.45) is -2.87. The summed E-state index contributed by atoms with van der Waals surface area (Å²) in [7, 11) is 0. The Morgan fingerprint density at radius 1 is 0.694 bits per heavy atom. The number of nitrogens with zero attached hydrogens (tertiary/aromatic N) is 4. The summed E-state index contributed by atoms with van der Waals surface area (Å²) in [4.78, 5) is 8.94. The Balaban J connectivity index is 1.58. The summed E-state index contributed by atoms with van der Waals surface area (Å²) in [6.45, 7) is 0.522. The molecule has 0 aliphatic heterocycles. The highest BCUT2D eigenvalue weighted by molar-refractivity contribution is 5.81. The molecule has 1 N–H and O–H groups in total. The van der Waals surface area contributed by atoms with E-state index in [1.807, 2.05) is 60.7 Å². The minimum Gasteiger partial charge on any atom is -0.350 e. The zero-order valence-electron chi connectivity index (χ0n) is 18.9. The first-order chi connectivity index (χ1) is 17.5. The molecule has 0 saturated carbocycles. The minimum absolute atomic E-state index is 0.296. The third kappa shape index (κ3) is 5.22. The lowest BCUT2D eigenvalue weighted by molar-refractivity contribution is -0.137. The van der Waals surface area contributed by atoms with Crippen molar-refractivity contribution < 1.29 is 13.2 Å². The summed E-state index contributed by atoms with van der Waals surface area (Å²) in [5.74, 6) is 0.393. The molecule has 0 aliphatic rings. The standard InChI is InChI=1S/C28H20F3N5/c29-28(30,31)22-13-7-12-21(16-22)26-23(17-25(35-36-26)20-10-5-2-6-11-20)24-14-15-32-27(34-24)33-18-19-8-3-1-4-9-19/h1-17H,18H2,(H,32,33,34). The normalized spacial score (nSPS) is 11.3. The molecular weight excluding hydrogens is 463 g/mol. The minimum atomic E-state index is -4.48. The molecule has 0 unspecified atom stereocenters. The van der Waals surface area contributed by atoms with Crippen LogP contribution in [0.1, 0.15) is 11.1 Å². The highest BCUT2D eigenvalue weighted by Crippen LogP contribution is 2.36. The Morgan fingerprint density at radius 3 is 2.17 bits per heavy atom. The van der Waals surface area contributed by atoms with Gasteiger partial charge in [-0.05, 0) is 29.8 Å². The lowest BCUT2D eigenvalue weighted by Crippen LogP contribution is -2.06. The summed E-state index contributed by atoms with van der Waals surface area (Å²) in [6, 6.07) is 27.8. The molecule has 0 radical (unpaired) electrons. The molecule has 0 fully saturated rings. The van der Waals surface area contributed by atoms with Gasteiger partial charge in [-0.3, -0.25) is 0 Å². The molecule has 5 aromatic rings. The summed E-state index contributed by atoms with van der Waals surface area (Å²) < 4.78 is 40.2. The van der Waals surface area contributed by atoms with E-state index in [-0.39, 0.29) is 0 Å². The fourth-order valence-corrected chi connectivity index (χ4v) is 3.76. The van der Waals surface area contributed by atoms with Crippen LogP contribution in [-0.2, 0) is 12.7 Å². The Hall–Kier alpha value is -4.59. The van der Waals surface area contributed by atoms with Crippen molar-refractivity contribution in [1.82, 2.24) is 20.2 Å². The van der Waals surface area contributed by atoms with Gasteiger partial charge in [-0.25, -0.2) is 9.97 Å². The molecule has 0 amide bonds. The van der Waals surface area contributed by atoms with Crippen molar-refractivity contribution in [2.45, 2.75) is 12.7 Å². The SMILES string of the molecule is FC(F)(F)c1cccc(-c2nnc(-c3ccccc3)cc2-c2ccnc(NCc3ccccc3)n2)c1. The van der Waals surface area contributed by atoms with Crippen molar-refractivity contribution in [1.29, 1.82) is 0 Å². The van der Waals surface area contributed by atoms with Crippen molar-refractivity contribution in [2.75, 3.05) is 5.32 Å². The number of anilines is 1. The third-order valence-corrected chi connectivity index (χ3v) is 5.55. The average molecular weight is 483 g/mol. The van der Waals surface area contributed by atoms with Crippen molar-refractivity contribution in [3.63, 3.8) is 0 Å². The van der Waals surface area contributed by atoms with Gasteiger partial charge in [0.15, 0.2) is 0 Å². The number of aromatic nitrogens is 4. The number of hydrogen-bond donors (Lipinski definition) is 1. The molecule has 0 atom stereocenters. The molecule has 5 rings (SSSR count). The fourth-order valence-electron chi connectivity index (χ4n) is 3.76. The van der Waals surface area contributed by atoms with Gasteiger partial charge in [0, 0.05) is 29.4 Å². The van der Waals surface area contributed by atoms with E-state index in [9.17, 15) is 13.2 Å². The molecule has 2 heterocycles. The largest absolute Gasteiger partial charge is 0.416 e. The van der Waals surface area contributed by atoms with Crippen LogP contribution in [0.25, 0.3) is 33.8 Å². The van der Waals surface area contributed by atoms with Gasteiger partial charge < -0.3 is 5.32 Å². The summed E-state index contributed by atoms with van der Waals surface area (Å²) in [5.41, 5.74) is 3.38. The highest BCUT2D eigenvalue weighted by atomic mass is 19.4. The van der Waals surface area contributed by atoms with Gasteiger partial charge in [-0.15, -0.1) is 10.2 Å². The molecule has 8 heteroatoms. The lowest BCUT2D eigenvalue weighted by Gasteiger charge is -2.13. The van der Waals surface area contributed by atoms with Gasteiger partial charge in [0.05, 0.1) is 17.0 Å². The van der Waals surface area contributed by atoms with Gasteiger partial charge in [0.2, 0.25) is 5.95 Å². The average Bonchev–Trinajstić information content (AvgIpc) is 2.92. The first kappa shape index (κ1) is 23.2. The van der Waals surface area contributed by atoms with Crippen LogP contribution in [0.4, 0.5) is 19.1 Å². The van der Waals surface area contributed by atoms with Crippen LogP contribution < -0.4 is 5.32 Å². The molecule has 0 bridgehead atoms. The number of nitrogens with one attached hydrogen (secondary N) is 1. The van der Waals surface area contributed by atoms with Crippen LogP contribution in [0.2, 0.25) is 0 Å². The molecule has 36 heavy (non-hydrogen) atoms. The van der Waals surface area contributed by atoms with Crippen LogP contribution in [0.5, 0.6) is 0 Å². The lowest BCUT2D eigenvalue weighted by atomic mass is 10.00. The zero-order chi connectivity index (χ0) is 25.0. The van der Waals surface area contributed by atoms with E-state index in [0.29, 0.717) is 40.7 Å². The number of benzene rings is 3. The highest BCUT2D eigenvalue weighted by Gasteiger charge is 2.31. The molecule has 178 valence electrons. The zero-order valence-corrected chi connectivity index (χ0v) is 18.9. The van der Waals surface area contributed by atoms with E-state index in [0.717, 1.165) is 23.3 Å². The van der Waals surface area contributed by atoms with Gasteiger partial charge in [0.25, 0.3) is 0 Å². The van der Waals surface area contributed by atoms with Crippen LogP contribution in [0, 0.1) is 0 Å². The molecule has 0 spiro atoms. The summed E-state index contributed by atoms with van der Waals surface area (Å²) in [5, 5.41) is 11.9. The van der Waals surface area contributed by atoms with Crippen molar-refractivity contribution in [3.05, 3.63) is 114 Å². The maximum absolute atomic E-state index is 13.4. The molecular formula is C28H20F3N5. The third-order valence-electron chi connectivity index (χ3n) is 5.55. The van der Waals surface area contributed by atoms with Crippen LogP contribution in [-0.4, -0.2) is 20.2 Å². The number of halogens is 3. The first-order valence-corrected chi connectivity index (χ1v) is 11.2. The maximum Gasteiger partial charge on any atom is 0.416 e. The van der Waals surface area contributed by atoms with E-state index < -0.39 is 11.7 Å². The second kappa shape index (κ2) is 9.95.